The highest BCUT2D eigenvalue weighted by atomic mass is 35.5. The fraction of sp³-hybridized carbons (Fsp3) is 0.333. The van der Waals surface area contributed by atoms with Crippen molar-refractivity contribution in [2.75, 3.05) is 18.0 Å². The van der Waals surface area contributed by atoms with E-state index < -0.39 is 0 Å². The van der Waals surface area contributed by atoms with Crippen molar-refractivity contribution in [3.63, 3.8) is 0 Å². The SMILES string of the molecule is CCCN(CCC)c1cc(-c2ccccc2)c(C#N)c(Cl)n1. The van der Waals surface area contributed by atoms with Crippen LogP contribution in [0.4, 0.5) is 5.82 Å². The van der Waals surface area contributed by atoms with Crippen LogP contribution in [-0.4, -0.2) is 18.1 Å². The number of halogens is 1. The number of hydrogen-bond donors (Lipinski definition) is 0. The molecule has 22 heavy (non-hydrogen) atoms. The van der Waals surface area contributed by atoms with Crippen molar-refractivity contribution < 1.29 is 0 Å². The molecule has 0 radical (unpaired) electrons. The number of aromatic nitrogens is 1. The molecule has 0 aliphatic rings. The summed E-state index contributed by atoms with van der Waals surface area (Å²) in [6, 6.07) is 14.0. The molecule has 0 spiro atoms. The zero-order valence-electron chi connectivity index (χ0n) is 13.0. The molecule has 0 aliphatic heterocycles. The molecule has 0 aliphatic carbocycles. The van der Waals surface area contributed by atoms with E-state index in [2.05, 4.69) is 29.8 Å². The molecule has 0 saturated heterocycles. The van der Waals surface area contributed by atoms with Gasteiger partial charge in [0, 0.05) is 18.7 Å². The van der Waals surface area contributed by atoms with Crippen molar-refractivity contribution >= 4 is 17.4 Å². The van der Waals surface area contributed by atoms with Gasteiger partial charge >= 0.3 is 0 Å². The zero-order valence-corrected chi connectivity index (χ0v) is 13.8. The van der Waals surface area contributed by atoms with Gasteiger partial charge in [-0.05, 0) is 24.5 Å². The fourth-order valence-electron chi connectivity index (χ4n) is 2.50. The minimum Gasteiger partial charge on any atom is -0.357 e. The van der Waals surface area contributed by atoms with E-state index in [0.29, 0.717) is 5.56 Å². The highest BCUT2D eigenvalue weighted by Gasteiger charge is 2.15. The third-order valence-electron chi connectivity index (χ3n) is 3.47. The molecule has 4 heteroatoms. The lowest BCUT2D eigenvalue weighted by Gasteiger charge is -2.23. The standard InChI is InChI=1S/C18H20ClN3/c1-3-10-22(11-4-2)17-12-15(14-8-6-5-7-9-14)16(13-20)18(19)21-17/h5-9,12H,3-4,10-11H2,1-2H3. The lowest BCUT2D eigenvalue weighted by atomic mass is 10.0. The van der Waals surface area contributed by atoms with Gasteiger partial charge in [0.15, 0.2) is 0 Å². The normalized spacial score (nSPS) is 10.3. The Morgan fingerprint density at radius 2 is 1.77 bits per heavy atom. The second-order valence-electron chi connectivity index (χ2n) is 5.16. The van der Waals surface area contributed by atoms with Crippen molar-refractivity contribution in [1.29, 1.82) is 5.26 Å². The van der Waals surface area contributed by atoms with Gasteiger partial charge in [0.2, 0.25) is 0 Å². The Kier molecular flexibility index (Phi) is 5.80. The maximum atomic E-state index is 9.41. The van der Waals surface area contributed by atoms with Gasteiger partial charge in [-0.2, -0.15) is 5.26 Å². The molecule has 0 saturated carbocycles. The monoisotopic (exact) mass is 313 g/mol. The van der Waals surface area contributed by atoms with Crippen molar-refractivity contribution in [1.82, 2.24) is 4.98 Å². The van der Waals surface area contributed by atoms with Crippen LogP contribution in [0.2, 0.25) is 5.15 Å². The average Bonchev–Trinajstić information content (AvgIpc) is 2.54. The Morgan fingerprint density at radius 1 is 1.14 bits per heavy atom. The molecule has 0 amide bonds. The van der Waals surface area contributed by atoms with Crippen LogP contribution < -0.4 is 4.90 Å². The molecular formula is C18H20ClN3. The number of rotatable bonds is 6. The molecule has 0 bridgehead atoms. The van der Waals surface area contributed by atoms with E-state index in [1.165, 1.54) is 0 Å². The van der Waals surface area contributed by atoms with E-state index in [4.69, 9.17) is 11.6 Å². The van der Waals surface area contributed by atoms with Crippen molar-refractivity contribution in [2.45, 2.75) is 26.7 Å². The van der Waals surface area contributed by atoms with Gasteiger partial charge in [-0.15, -0.1) is 0 Å². The Labute approximate surface area is 137 Å². The lowest BCUT2D eigenvalue weighted by molar-refractivity contribution is 0.734. The Morgan fingerprint density at radius 3 is 2.32 bits per heavy atom. The molecule has 2 rings (SSSR count). The third-order valence-corrected chi connectivity index (χ3v) is 3.74. The minimum absolute atomic E-state index is 0.274. The average molecular weight is 314 g/mol. The molecule has 114 valence electrons. The summed E-state index contributed by atoms with van der Waals surface area (Å²) in [7, 11) is 0. The number of hydrogen-bond acceptors (Lipinski definition) is 3. The summed E-state index contributed by atoms with van der Waals surface area (Å²) in [5.41, 5.74) is 2.26. The van der Waals surface area contributed by atoms with Gasteiger partial charge in [0.05, 0.1) is 5.56 Å². The molecular weight excluding hydrogens is 294 g/mol. The fourth-order valence-corrected chi connectivity index (χ4v) is 2.73. The molecule has 0 N–H and O–H groups in total. The predicted octanol–water partition coefficient (Wildman–Crippen LogP) is 4.90. The van der Waals surface area contributed by atoms with Gasteiger partial charge in [0.25, 0.3) is 0 Å². The number of nitriles is 1. The van der Waals surface area contributed by atoms with Gasteiger partial charge in [-0.25, -0.2) is 4.98 Å². The van der Waals surface area contributed by atoms with E-state index in [0.717, 1.165) is 42.9 Å². The van der Waals surface area contributed by atoms with Crippen molar-refractivity contribution in [3.05, 3.63) is 47.1 Å². The topological polar surface area (TPSA) is 39.9 Å². The second-order valence-corrected chi connectivity index (χ2v) is 5.52. The first kappa shape index (κ1) is 16.3. The molecule has 1 aromatic heterocycles. The van der Waals surface area contributed by atoms with Crippen LogP contribution >= 0.6 is 11.6 Å². The quantitative estimate of drug-likeness (QED) is 0.712. The van der Waals surface area contributed by atoms with E-state index in [1.54, 1.807) is 0 Å². The first-order valence-electron chi connectivity index (χ1n) is 7.62. The number of nitrogens with zero attached hydrogens (tertiary/aromatic N) is 3. The van der Waals surface area contributed by atoms with Crippen LogP contribution in [0, 0.1) is 11.3 Å². The van der Waals surface area contributed by atoms with Crippen LogP contribution in [0.3, 0.4) is 0 Å². The highest BCUT2D eigenvalue weighted by Crippen LogP contribution is 2.31. The van der Waals surface area contributed by atoms with Gasteiger partial charge in [-0.3, -0.25) is 0 Å². The Hall–Kier alpha value is -2.05. The Balaban J connectivity index is 2.55. The number of pyridine rings is 1. The summed E-state index contributed by atoms with van der Waals surface area (Å²) in [6.45, 7) is 6.15. The van der Waals surface area contributed by atoms with Crippen LogP contribution in [0.1, 0.15) is 32.3 Å². The molecule has 0 unspecified atom stereocenters. The summed E-state index contributed by atoms with van der Waals surface area (Å²) in [5.74, 6) is 0.839. The van der Waals surface area contributed by atoms with Crippen LogP contribution in [0.25, 0.3) is 11.1 Å². The molecule has 2 aromatic rings. The van der Waals surface area contributed by atoms with Crippen molar-refractivity contribution in [2.24, 2.45) is 0 Å². The number of benzene rings is 1. The summed E-state index contributed by atoms with van der Waals surface area (Å²) >= 11 is 6.27. The number of anilines is 1. The molecule has 0 fully saturated rings. The summed E-state index contributed by atoms with van der Waals surface area (Å²) in [4.78, 5) is 6.66. The first-order chi connectivity index (χ1) is 10.7. The molecule has 0 atom stereocenters. The predicted molar refractivity (Wildman–Crippen MR) is 92.2 cm³/mol. The van der Waals surface area contributed by atoms with E-state index >= 15 is 0 Å². The van der Waals surface area contributed by atoms with Crippen LogP contribution in [0.15, 0.2) is 36.4 Å². The van der Waals surface area contributed by atoms with Gasteiger partial charge in [-0.1, -0.05) is 55.8 Å². The molecule has 3 nitrogen and oxygen atoms in total. The van der Waals surface area contributed by atoms with Gasteiger partial charge in [0.1, 0.15) is 17.0 Å². The Bertz CT molecular complexity index is 656. The maximum absolute atomic E-state index is 9.41. The van der Waals surface area contributed by atoms with Crippen LogP contribution in [0.5, 0.6) is 0 Å². The highest BCUT2D eigenvalue weighted by molar-refractivity contribution is 6.31. The summed E-state index contributed by atoms with van der Waals surface area (Å²) < 4.78 is 0. The first-order valence-corrected chi connectivity index (χ1v) is 8.00. The molecule has 1 aromatic carbocycles. The largest absolute Gasteiger partial charge is 0.357 e. The van der Waals surface area contributed by atoms with E-state index in [9.17, 15) is 5.26 Å². The third kappa shape index (κ3) is 3.58. The van der Waals surface area contributed by atoms with Crippen LogP contribution in [-0.2, 0) is 0 Å². The smallest absolute Gasteiger partial charge is 0.149 e. The maximum Gasteiger partial charge on any atom is 0.149 e. The summed E-state index contributed by atoms with van der Waals surface area (Å²) in [5, 5.41) is 9.68. The van der Waals surface area contributed by atoms with E-state index in [1.807, 2.05) is 36.4 Å². The van der Waals surface area contributed by atoms with Crippen molar-refractivity contribution in [3.8, 4) is 17.2 Å². The van der Waals surface area contributed by atoms with E-state index in [-0.39, 0.29) is 5.15 Å². The summed E-state index contributed by atoms with van der Waals surface area (Å²) in [6.07, 6.45) is 2.08. The zero-order chi connectivity index (χ0) is 15.9. The minimum atomic E-state index is 0.274. The molecule has 1 heterocycles. The lowest BCUT2D eigenvalue weighted by Crippen LogP contribution is -2.26. The van der Waals surface area contributed by atoms with Gasteiger partial charge < -0.3 is 4.90 Å². The second kappa shape index (κ2) is 7.82.